The van der Waals surface area contributed by atoms with E-state index in [-0.39, 0.29) is 17.5 Å². The van der Waals surface area contributed by atoms with Crippen molar-refractivity contribution >= 4 is 22.6 Å². The number of rotatable bonds is 6. The number of methoxy groups -OCH3 is 2. The van der Waals surface area contributed by atoms with Crippen molar-refractivity contribution in [2.45, 2.75) is 57.0 Å². The highest BCUT2D eigenvalue weighted by atomic mass is 16.5. The topological polar surface area (TPSA) is 76.6 Å². The minimum absolute atomic E-state index is 0.0652. The molecule has 1 N–H and O–H groups in total. The Labute approximate surface area is 171 Å². The summed E-state index contributed by atoms with van der Waals surface area (Å²) in [6.07, 6.45) is 5.80. The molecule has 1 saturated carbocycles. The molecule has 7 nitrogen and oxygen atoms in total. The highest BCUT2D eigenvalue weighted by Gasteiger charge is 2.51. The maximum atomic E-state index is 12.4. The molecule has 7 heteroatoms. The second-order valence-corrected chi connectivity index (χ2v) is 8.09. The predicted octanol–water partition coefficient (Wildman–Crippen LogP) is 2.99. The minimum Gasteiger partial charge on any atom is -0.497 e. The Bertz CT molecular complexity index is 895. The van der Waals surface area contributed by atoms with Crippen LogP contribution in [0.5, 0.6) is 5.75 Å². The van der Waals surface area contributed by atoms with Crippen molar-refractivity contribution in [2.24, 2.45) is 0 Å². The van der Waals surface area contributed by atoms with Gasteiger partial charge in [0.15, 0.2) is 0 Å². The highest BCUT2D eigenvalue weighted by Crippen LogP contribution is 2.46. The zero-order chi connectivity index (χ0) is 20.4. The maximum Gasteiger partial charge on any atom is 0.222 e. The Morgan fingerprint density at radius 2 is 2.07 bits per heavy atom. The molecule has 2 aromatic rings. The molecule has 1 aliphatic heterocycles. The average Bonchev–Trinajstić information content (AvgIpc) is 3.34. The second-order valence-electron chi connectivity index (χ2n) is 8.09. The summed E-state index contributed by atoms with van der Waals surface area (Å²) in [5, 5.41) is 4.31. The van der Waals surface area contributed by atoms with Crippen LogP contribution in [0.25, 0.3) is 10.9 Å². The normalized spacial score (nSPS) is 20.5. The SMILES string of the molecule is COCCC(=O)NC1CCN(c2nc(C)nc3ccc(OC)cc23)C12CCCC2. The van der Waals surface area contributed by atoms with E-state index in [9.17, 15) is 4.79 Å². The average molecular weight is 399 g/mol. The smallest absolute Gasteiger partial charge is 0.222 e. The van der Waals surface area contributed by atoms with Crippen molar-refractivity contribution in [3.05, 3.63) is 24.0 Å². The minimum atomic E-state index is -0.0838. The van der Waals surface area contributed by atoms with E-state index in [0.717, 1.165) is 54.1 Å². The van der Waals surface area contributed by atoms with Gasteiger partial charge in [0.25, 0.3) is 0 Å². The first kappa shape index (κ1) is 19.9. The first-order valence-corrected chi connectivity index (χ1v) is 10.5. The van der Waals surface area contributed by atoms with Crippen LogP contribution in [0.1, 0.15) is 44.3 Å². The molecular formula is C22H30N4O3. The molecule has 1 unspecified atom stereocenters. The Kier molecular flexibility index (Phi) is 5.58. The van der Waals surface area contributed by atoms with E-state index in [1.807, 2.05) is 25.1 Å². The van der Waals surface area contributed by atoms with Gasteiger partial charge in [-0.05, 0) is 44.4 Å². The van der Waals surface area contributed by atoms with E-state index in [0.29, 0.717) is 13.0 Å². The molecule has 1 amide bonds. The van der Waals surface area contributed by atoms with Gasteiger partial charge in [0, 0.05) is 25.5 Å². The summed E-state index contributed by atoms with van der Waals surface area (Å²) in [4.78, 5) is 24.4. The summed E-state index contributed by atoms with van der Waals surface area (Å²) in [5.41, 5.74) is 0.841. The van der Waals surface area contributed by atoms with Gasteiger partial charge < -0.3 is 19.7 Å². The molecule has 1 saturated heterocycles. The summed E-state index contributed by atoms with van der Waals surface area (Å²) in [6, 6.07) is 6.09. The molecule has 4 rings (SSSR count). The van der Waals surface area contributed by atoms with Crippen LogP contribution < -0.4 is 15.0 Å². The van der Waals surface area contributed by atoms with E-state index in [2.05, 4.69) is 15.2 Å². The standard InChI is InChI=1S/C22H30N4O3/c1-15-23-18-7-6-16(29-3)14-17(18)21(24-15)26-12-8-19(22(26)10-4-5-11-22)25-20(27)9-13-28-2/h6-7,14,19H,4-5,8-13H2,1-3H3,(H,25,27). The highest BCUT2D eigenvalue weighted by molar-refractivity contribution is 5.91. The van der Waals surface area contributed by atoms with Crippen LogP contribution in [0, 0.1) is 6.92 Å². The Hall–Kier alpha value is -2.41. The van der Waals surface area contributed by atoms with E-state index in [4.69, 9.17) is 14.5 Å². The Morgan fingerprint density at radius 1 is 1.28 bits per heavy atom. The number of amides is 1. The van der Waals surface area contributed by atoms with Crippen LogP contribution in [0.15, 0.2) is 18.2 Å². The van der Waals surface area contributed by atoms with Crippen LogP contribution in [0.3, 0.4) is 0 Å². The van der Waals surface area contributed by atoms with Gasteiger partial charge in [0.05, 0.1) is 30.8 Å². The third-order valence-electron chi connectivity index (χ3n) is 6.42. The van der Waals surface area contributed by atoms with Gasteiger partial charge in [0.1, 0.15) is 17.4 Å². The zero-order valence-electron chi connectivity index (χ0n) is 17.5. The number of hydrogen-bond acceptors (Lipinski definition) is 6. The van der Waals surface area contributed by atoms with Crippen LogP contribution >= 0.6 is 0 Å². The number of nitrogens with zero attached hydrogens (tertiary/aromatic N) is 3. The maximum absolute atomic E-state index is 12.4. The van der Waals surface area contributed by atoms with Gasteiger partial charge in [-0.2, -0.15) is 0 Å². The number of carbonyl (C=O) groups excluding carboxylic acids is 1. The van der Waals surface area contributed by atoms with Gasteiger partial charge in [-0.1, -0.05) is 12.8 Å². The van der Waals surface area contributed by atoms with Crippen LogP contribution in [0.4, 0.5) is 5.82 Å². The third-order valence-corrected chi connectivity index (χ3v) is 6.42. The molecule has 1 aromatic heterocycles. The van der Waals surface area contributed by atoms with E-state index < -0.39 is 0 Å². The van der Waals surface area contributed by atoms with Crippen LogP contribution in [-0.2, 0) is 9.53 Å². The molecule has 1 atom stereocenters. The van der Waals surface area contributed by atoms with Crippen molar-refractivity contribution in [3.8, 4) is 5.75 Å². The fourth-order valence-corrected chi connectivity index (χ4v) is 5.07. The number of carbonyl (C=O) groups is 1. The fourth-order valence-electron chi connectivity index (χ4n) is 5.07. The van der Waals surface area contributed by atoms with Crippen molar-refractivity contribution in [3.63, 3.8) is 0 Å². The fraction of sp³-hybridized carbons (Fsp3) is 0.591. The summed E-state index contributed by atoms with van der Waals surface area (Å²) < 4.78 is 10.5. The summed E-state index contributed by atoms with van der Waals surface area (Å²) in [5.74, 6) is 2.59. The first-order chi connectivity index (χ1) is 14.1. The molecule has 1 spiro atoms. The van der Waals surface area contributed by atoms with Gasteiger partial charge >= 0.3 is 0 Å². The van der Waals surface area contributed by atoms with Gasteiger partial charge in [-0.3, -0.25) is 4.79 Å². The lowest BCUT2D eigenvalue weighted by Gasteiger charge is -2.40. The van der Waals surface area contributed by atoms with Gasteiger partial charge in [-0.25, -0.2) is 9.97 Å². The zero-order valence-corrected chi connectivity index (χ0v) is 17.5. The number of aromatic nitrogens is 2. The summed E-state index contributed by atoms with van der Waals surface area (Å²) in [6.45, 7) is 3.26. The number of fused-ring (bicyclic) bond motifs is 1. The van der Waals surface area contributed by atoms with Crippen molar-refractivity contribution < 1.29 is 14.3 Å². The molecule has 2 heterocycles. The number of ether oxygens (including phenoxy) is 2. The van der Waals surface area contributed by atoms with Crippen LogP contribution in [-0.4, -0.2) is 54.8 Å². The van der Waals surface area contributed by atoms with E-state index >= 15 is 0 Å². The Morgan fingerprint density at radius 3 is 2.79 bits per heavy atom. The number of benzene rings is 1. The predicted molar refractivity (Wildman–Crippen MR) is 112 cm³/mol. The quantitative estimate of drug-likeness (QED) is 0.806. The van der Waals surface area contributed by atoms with Gasteiger partial charge in [0.2, 0.25) is 5.91 Å². The van der Waals surface area contributed by atoms with Crippen molar-refractivity contribution in [2.75, 3.05) is 32.3 Å². The lowest BCUT2D eigenvalue weighted by atomic mass is 9.88. The molecule has 0 bridgehead atoms. The molecule has 29 heavy (non-hydrogen) atoms. The first-order valence-electron chi connectivity index (χ1n) is 10.5. The molecule has 2 fully saturated rings. The van der Waals surface area contributed by atoms with E-state index in [1.54, 1.807) is 14.2 Å². The number of nitrogens with one attached hydrogen (secondary N) is 1. The lowest BCUT2D eigenvalue weighted by Crippen LogP contribution is -2.55. The largest absolute Gasteiger partial charge is 0.497 e. The van der Waals surface area contributed by atoms with Crippen molar-refractivity contribution in [1.82, 2.24) is 15.3 Å². The molecular weight excluding hydrogens is 368 g/mol. The number of hydrogen-bond donors (Lipinski definition) is 1. The summed E-state index contributed by atoms with van der Waals surface area (Å²) in [7, 11) is 3.30. The van der Waals surface area contributed by atoms with Gasteiger partial charge in [-0.15, -0.1) is 0 Å². The molecule has 156 valence electrons. The monoisotopic (exact) mass is 398 g/mol. The second kappa shape index (κ2) is 8.14. The molecule has 2 aliphatic rings. The third kappa shape index (κ3) is 3.64. The van der Waals surface area contributed by atoms with E-state index in [1.165, 1.54) is 12.8 Å². The molecule has 0 radical (unpaired) electrons. The summed E-state index contributed by atoms with van der Waals surface area (Å²) >= 11 is 0. The lowest BCUT2D eigenvalue weighted by molar-refractivity contribution is -0.123. The molecule has 1 aliphatic carbocycles. The van der Waals surface area contributed by atoms with Crippen molar-refractivity contribution in [1.29, 1.82) is 0 Å². The number of anilines is 1. The number of aryl methyl sites for hydroxylation is 1. The Balaban J connectivity index is 1.72. The molecule has 1 aromatic carbocycles. The van der Waals surface area contributed by atoms with Crippen LogP contribution in [0.2, 0.25) is 0 Å².